The van der Waals surface area contributed by atoms with Crippen molar-refractivity contribution in [3.05, 3.63) is 58.7 Å². The summed E-state index contributed by atoms with van der Waals surface area (Å²) in [6.45, 7) is 8.06. The molecule has 3 aromatic rings. The van der Waals surface area contributed by atoms with Crippen molar-refractivity contribution in [1.82, 2.24) is 9.88 Å². The summed E-state index contributed by atoms with van der Waals surface area (Å²) in [4.78, 5) is 19.3. The average Bonchev–Trinajstić information content (AvgIpc) is 2.96. The van der Waals surface area contributed by atoms with Crippen LogP contribution in [0.1, 0.15) is 48.7 Å². The number of hydrogen-bond acceptors (Lipinski definition) is 6. The lowest BCUT2D eigenvalue weighted by molar-refractivity contribution is -0.893. The summed E-state index contributed by atoms with van der Waals surface area (Å²) in [5.41, 5.74) is 6.85. The summed E-state index contributed by atoms with van der Waals surface area (Å²) in [6, 6.07) is 13.9. The molecular weight excluding hydrogens is 552 g/mol. The van der Waals surface area contributed by atoms with Gasteiger partial charge in [0.25, 0.3) is 5.91 Å². The number of likely N-dealkylation sites (tertiary alicyclic amines) is 1. The molecule has 0 spiro atoms. The lowest BCUT2D eigenvalue weighted by Crippen LogP contribution is -2.49. The number of halogens is 1. The molecule has 42 heavy (non-hydrogen) atoms. The molecule has 2 N–H and O–H groups in total. The number of pyridine rings is 1. The lowest BCUT2D eigenvalue weighted by atomic mass is 9.95. The largest absolute Gasteiger partial charge is 0.486 e. The number of primary amides is 1. The molecule has 2 aliphatic heterocycles. The first kappa shape index (κ1) is 30.4. The van der Waals surface area contributed by atoms with Gasteiger partial charge in [0.05, 0.1) is 25.7 Å². The van der Waals surface area contributed by atoms with E-state index in [1.807, 2.05) is 0 Å². The molecule has 1 aromatic heterocycles. The highest BCUT2D eigenvalue weighted by Crippen LogP contribution is 2.39. The monoisotopic (exact) mass is 595 g/mol. The van der Waals surface area contributed by atoms with Crippen LogP contribution in [0, 0.1) is 5.92 Å². The van der Waals surface area contributed by atoms with Gasteiger partial charge in [-0.05, 0) is 68.4 Å². The number of aryl methyl sites for hydroxylation is 1. The number of benzene rings is 2. The lowest BCUT2D eigenvalue weighted by Gasteiger charge is -2.39. The number of nitrogens with two attached hydrogens (primary N) is 1. The summed E-state index contributed by atoms with van der Waals surface area (Å²) in [6.07, 6.45) is 5.36. The maximum absolute atomic E-state index is 12.0. The molecule has 0 radical (unpaired) electrons. The third kappa shape index (κ3) is 7.46. The summed E-state index contributed by atoms with van der Waals surface area (Å²) < 4.78 is 19.3. The van der Waals surface area contributed by atoms with E-state index in [1.54, 1.807) is 12.1 Å². The van der Waals surface area contributed by atoms with E-state index in [4.69, 9.17) is 36.5 Å². The van der Waals surface area contributed by atoms with Crippen molar-refractivity contribution in [3.8, 4) is 17.4 Å². The summed E-state index contributed by atoms with van der Waals surface area (Å²) >= 11 is 6.21. The number of piperidine rings is 1. The van der Waals surface area contributed by atoms with Gasteiger partial charge >= 0.3 is 0 Å². The van der Waals surface area contributed by atoms with E-state index < -0.39 is 5.91 Å². The molecule has 9 heteroatoms. The Balaban J connectivity index is 1.09. The van der Waals surface area contributed by atoms with Crippen LogP contribution in [-0.4, -0.2) is 86.4 Å². The Bertz CT molecular complexity index is 1390. The van der Waals surface area contributed by atoms with E-state index in [9.17, 15) is 4.79 Å². The number of carbonyl (C=O) groups is 1. The predicted octanol–water partition coefficient (Wildman–Crippen LogP) is 5.34. The SMILES string of the molecule is CCCCc1cc2ccccc2c(OCC[N+](C)(C)CC2CCN(CC3COc4ccc(Cl)c(C(N)=O)c4O3)CC2)n1. The van der Waals surface area contributed by atoms with Gasteiger partial charge in [0.15, 0.2) is 11.5 Å². The standard InChI is InChI=1S/C33H43ClN4O4/c1-4-5-9-25-19-24-8-6-7-10-27(24)33(36-25)40-18-17-38(2,3)21-23-13-15-37(16-14-23)20-26-22-41-29-12-11-28(34)30(32(35)39)31(29)42-26/h6-8,10-12,19,23,26H,4-5,9,13-18,20-22H2,1-3H3,(H-,35,39)/p+1. The minimum atomic E-state index is -0.613. The normalized spacial score (nSPS) is 17.9. The number of amides is 1. The number of ether oxygens (including phenoxy) is 3. The number of nitrogens with zero attached hydrogens (tertiary/aromatic N) is 3. The quantitative estimate of drug-likeness (QED) is 0.285. The number of likely N-dealkylation sites (N-methyl/N-ethyl adjacent to an activating group) is 1. The maximum atomic E-state index is 12.0. The zero-order valence-corrected chi connectivity index (χ0v) is 25.9. The van der Waals surface area contributed by atoms with Gasteiger partial charge in [-0.15, -0.1) is 0 Å². The van der Waals surface area contributed by atoms with Crippen LogP contribution in [0.25, 0.3) is 10.8 Å². The first-order valence-corrected chi connectivity index (χ1v) is 15.6. The van der Waals surface area contributed by atoms with Gasteiger partial charge in [-0.3, -0.25) is 9.69 Å². The third-order valence-corrected chi connectivity index (χ3v) is 8.74. The van der Waals surface area contributed by atoms with Crippen molar-refractivity contribution < 1.29 is 23.5 Å². The fourth-order valence-corrected chi connectivity index (χ4v) is 6.35. The van der Waals surface area contributed by atoms with Gasteiger partial charge in [-0.1, -0.05) is 43.1 Å². The minimum absolute atomic E-state index is 0.180. The van der Waals surface area contributed by atoms with Crippen molar-refractivity contribution in [2.24, 2.45) is 11.7 Å². The van der Waals surface area contributed by atoms with Crippen molar-refractivity contribution in [3.63, 3.8) is 0 Å². The van der Waals surface area contributed by atoms with Crippen molar-refractivity contribution in [2.45, 2.75) is 45.1 Å². The molecule has 0 aliphatic carbocycles. The van der Waals surface area contributed by atoms with E-state index in [0.29, 0.717) is 30.6 Å². The Hall–Kier alpha value is -3.07. The van der Waals surface area contributed by atoms with Gasteiger partial charge in [-0.25, -0.2) is 4.98 Å². The van der Waals surface area contributed by atoms with Crippen LogP contribution in [-0.2, 0) is 6.42 Å². The van der Waals surface area contributed by atoms with Gasteiger partial charge in [0.1, 0.15) is 31.4 Å². The molecule has 5 rings (SSSR count). The first-order chi connectivity index (χ1) is 20.2. The Labute approximate surface area is 254 Å². The predicted molar refractivity (Wildman–Crippen MR) is 167 cm³/mol. The molecule has 226 valence electrons. The fraction of sp³-hybridized carbons (Fsp3) is 0.515. The number of hydrogen-bond donors (Lipinski definition) is 1. The Morgan fingerprint density at radius 2 is 1.98 bits per heavy atom. The highest BCUT2D eigenvalue weighted by Gasteiger charge is 2.31. The van der Waals surface area contributed by atoms with E-state index in [1.165, 1.54) is 5.39 Å². The summed E-state index contributed by atoms with van der Waals surface area (Å²) in [5.74, 6) is 1.67. The molecule has 8 nitrogen and oxygen atoms in total. The fourth-order valence-electron chi connectivity index (χ4n) is 6.11. The summed E-state index contributed by atoms with van der Waals surface area (Å²) in [5, 5.41) is 2.56. The van der Waals surface area contributed by atoms with Gasteiger partial charge in [0, 0.05) is 23.5 Å². The second-order valence-corrected chi connectivity index (χ2v) is 12.7. The Morgan fingerprint density at radius 3 is 2.74 bits per heavy atom. The molecule has 0 saturated carbocycles. The number of fused-ring (bicyclic) bond motifs is 2. The number of unbranched alkanes of at least 4 members (excludes halogenated alkanes) is 1. The van der Waals surface area contributed by atoms with Crippen LogP contribution >= 0.6 is 11.6 Å². The van der Waals surface area contributed by atoms with Crippen molar-refractivity contribution in [1.29, 1.82) is 0 Å². The topological polar surface area (TPSA) is 86.9 Å². The molecule has 2 aromatic carbocycles. The van der Waals surface area contributed by atoms with Crippen LogP contribution in [0.2, 0.25) is 5.02 Å². The van der Waals surface area contributed by atoms with Crippen LogP contribution in [0.15, 0.2) is 42.5 Å². The number of rotatable bonds is 12. The van der Waals surface area contributed by atoms with Crippen LogP contribution in [0.3, 0.4) is 0 Å². The summed E-state index contributed by atoms with van der Waals surface area (Å²) in [7, 11) is 4.59. The van der Waals surface area contributed by atoms with Gasteiger partial charge in [-0.2, -0.15) is 0 Å². The molecule has 0 bridgehead atoms. The number of quaternary nitrogens is 1. The first-order valence-electron chi connectivity index (χ1n) is 15.2. The zero-order chi connectivity index (χ0) is 29.7. The minimum Gasteiger partial charge on any atom is -0.486 e. The Kier molecular flexibility index (Phi) is 9.76. The maximum Gasteiger partial charge on any atom is 0.254 e. The van der Waals surface area contributed by atoms with Gasteiger partial charge < -0.3 is 24.4 Å². The number of aromatic nitrogens is 1. The molecule has 1 atom stereocenters. The van der Waals surface area contributed by atoms with E-state index >= 15 is 0 Å². The molecule has 1 unspecified atom stereocenters. The van der Waals surface area contributed by atoms with Crippen LogP contribution in [0.4, 0.5) is 0 Å². The molecular formula is C33H44ClN4O4+. The Morgan fingerprint density at radius 1 is 1.19 bits per heavy atom. The highest BCUT2D eigenvalue weighted by molar-refractivity contribution is 6.34. The van der Waals surface area contributed by atoms with Crippen molar-refractivity contribution in [2.75, 3.05) is 60.0 Å². The molecule has 1 amide bonds. The highest BCUT2D eigenvalue weighted by atomic mass is 35.5. The van der Waals surface area contributed by atoms with E-state index in [2.05, 4.69) is 56.3 Å². The molecule has 1 fully saturated rings. The van der Waals surface area contributed by atoms with Crippen LogP contribution < -0.4 is 19.9 Å². The molecule has 1 saturated heterocycles. The average molecular weight is 596 g/mol. The van der Waals surface area contributed by atoms with E-state index in [0.717, 1.165) is 86.3 Å². The molecule has 3 heterocycles. The zero-order valence-electron chi connectivity index (χ0n) is 25.1. The third-order valence-electron chi connectivity index (χ3n) is 8.43. The second-order valence-electron chi connectivity index (χ2n) is 12.3. The van der Waals surface area contributed by atoms with E-state index in [-0.39, 0.29) is 16.7 Å². The van der Waals surface area contributed by atoms with Crippen LogP contribution in [0.5, 0.6) is 17.4 Å². The number of carbonyl (C=O) groups excluding carboxylic acids is 1. The second kappa shape index (κ2) is 13.5. The van der Waals surface area contributed by atoms with Gasteiger partial charge in [0.2, 0.25) is 5.88 Å². The molecule has 2 aliphatic rings. The smallest absolute Gasteiger partial charge is 0.254 e. The van der Waals surface area contributed by atoms with Crippen molar-refractivity contribution >= 4 is 28.3 Å².